The quantitative estimate of drug-likeness (QED) is 0.456. The minimum atomic E-state index is 1.09. The monoisotopic (exact) mass is 121 g/mol. The minimum Gasteiger partial charge on any atom is -0.296 e. The van der Waals surface area contributed by atoms with Gasteiger partial charge < -0.3 is 0 Å². The first kappa shape index (κ1) is 3.97. The Balaban J connectivity index is 2.04. The fourth-order valence-corrected chi connectivity index (χ4v) is 4.15. The van der Waals surface area contributed by atoms with Crippen LogP contribution in [0.15, 0.2) is 0 Å². The van der Waals surface area contributed by atoms with E-state index in [4.69, 9.17) is 0 Å². The van der Waals surface area contributed by atoms with Crippen LogP contribution >= 0.6 is 0 Å². The zero-order valence-corrected chi connectivity index (χ0v) is 5.46. The second kappa shape index (κ2) is 0.878. The highest BCUT2D eigenvalue weighted by Gasteiger charge is 2.70. The van der Waals surface area contributed by atoms with Crippen molar-refractivity contribution >= 4 is 0 Å². The van der Waals surface area contributed by atoms with Gasteiger partial charge in [0.15, 0.2) is 0 Å². The molecule has 6 bridgehead atoms. The fourth-order valence-electron chi connectivity index (χ4n) is 4.15. The molecule has 1 nitrogen and oxygen atoms in total. The van der Waals surface area contributed by atoms with Crippen LogP contribution in [-0.2, 0) is 0 Å². The molecule has 1 unspecified atom stereocenters. The van der Waals surface area contributed by atoms with E-state index < -0.39 is 0 Å². The van der Waals surface area contributed by atoms with Gasteiger partial charge in [0.2, 0.25) is 0 Å². The van der Waals surface area contributed by atoms with Crippen LogP contribution in [0, 0.1) is 17.8 Å². The number of hydrogen-bond acceptors (Lipinski definition) is 1. The lowest BCUT2D eigenvalue weighted by Crippen LogP contribution is -2.46. The Labute approximate surface area is 55.0 Å². The Morgan fingerprint density at radius 2 is 2.11 bits per heavy atom. The standard InChI is InChI=1S/C8H11N/c1-4-2-7-5(1)6-3-9(7)8(4)6/h4-8H,1-3H2/t4-,5-,6+,7+,8+/m0/s1. The van der Waals surface area contributed by atoms with Gasteiger partial charge in [0.05, 0.1) is 0 Å². The minimum absolute atomic E-state index is 1.09. The molecule has 0 aromatic heterocycles. The molecule has 0 aromatic rings. The second-order valence-corrected chi connectivity index (χ2v) is 4.31. The highest BCUT2D eigenvalue weighted by Crippen LogP contribution is 2.66. The molecule has 2 saturated carbocycles. The smallest absolute Gasteiger partial charge is 0.0171 e. The summed E-state index contributed by atoms with van der Waals surface area (Å²) >= 11 is 0. The topological polar surface area (TPSA) is 3.24 Å². The van der Waals surface area contributed by atoms with Gasteiger partial charge in [0, 0.05) is 18.6 Å². The van der Waals surface area contributed by atoms with Crippen LogP contribution in [0.1, 0.15) is 12.8 Å². The number of hydrogen-bond donors (Lipinski definition) is 0. The summed E-state index contributed by atoms with van der Waals surface area (Å²) in [5.41, 5.74) is 0. The molecule has 0 N–H and O–H groups in total. The summed E-state index contributed by atoms with van der Waals surface area (Å²) in [6.45, 7) is 1.48. The van der Waals surface area contributed by atoms with Gasteiger partial charge >= 0.3 is 0 Å². The predicted molar refractivity (Wildman–Crippen MR) is 34.0 cm³/mol. The summed E-state index contributed by atoms with van der Waals surface area (Å²) in [5, 5.41) is 0. The molecule has 5 fully saturated rings. The number of rotatable bonds is 0. The molecule has 0 amide bonds. The Kier molecular flexibility index (Phi) is 0.387. The average Bonchev–Trinajstić information content (AvgIpc) is 2.24. The van der Waals surface area contributed by atoms with E-state index in [2.05, 4.69) is 4.90 Å². The number of piperidine rings is 1. The van der Waals surface area contributed by atoms with Gasteiger partial charge in [0.1, 0.15) is 0 Å². The molecule has 3 saturated heterocycles. The van der Waals surface area contributed by atoms with Crippen molar-refractivity contribution < 1.29 is 0 Å². The summed E-state index contributed by atoms with van der Waals surface area (Å²) < 4.78 is 0. The maximum absolute atomic E-state index is 2.77. The van der Waals surface area contributed by atoms with E-state index in [1.165, 1.54) is 24.3 Å². The van der Waals surface area contributed by atoms with Gasteiger partial charge in [-0.1, -0.05) is 0 Å². The normalized spacial score (nSPS) is 80.0. The van der Waals surface area contributed by atoms with Crippen LogP contribution in [-0.4, -0.2) is 23.5 Å². The third kappa shape index (κ3) is 0.219. The van der Waals surface area contributed by atoms with Gasteiger partial charge in [-0.3, -0.25) is 4.90 Å². The lowest BCUT2D eigenvalue weighted by Gasteiger charge is -2.36. The Morgan fingerprint density at radius 1 is 1.11 bits per heavy atom. The maximum atomic E-state index is 2.77. The summed E-state index contributed by atoms with van der Waals surface area (Å²) in [6, 6.07) is 2.20. The molecule has 0 spiro atoms. The molecule has 5 rings (SSSR count). The van der Waals surface area contributed by atoms with Gasteiger partial charge in [-0.25, -0.2) is 0 Å². The van der Waals surface area contributed by atoms with E-state index in [1.807, 2.05) is 0 Å². The van der Waals surface area contributed by atoms with Crippen molar-refractivity contribution in [3.05, 3.63) is 0 Å². The summed E-state index contributed by atoms with van der Waals surface area (Å²) in [5.74, 6) is 3.53. The van der Waals surface area contributed by atoms with Gasteiger partial charge in [-0.05, 0) is 30.6 Å². The van der Waals surface area contributed by atoms with Crippen molar-refractivity contribution in [2.24, 2.45) is 17.8 Å². The first-order valence-corrected chi connectivity index (χ1v) is 4.21. The Bertz CT molecular complexity index is 164. The third-order valence-corrected chi connectivity index (χ3v) is 4.32. The van der Waals surface area contributed by atoms with Crippen molar-refractivity contribution in [1.82, 2.24) is 4.90 Å². The molecule has 1 heteroatoms. The van der Waals surface area contributed by atoms with Crippen molar-refractivity contribution in [3.63, 3.8) is 0 Å². The second-order valence-electron chi connectivity index (χ2n) is 4.31. The third-order valence-electron chi connectivity index (χ3n) is 4.32. The highest BCUT2D eigenvalue weighted by atomic mass is 15.3. The highest BCUT2D eigenvalue weighted by molar-refractivity contribution is 5.23. The van der Waals surface area contributed by atoms with Crippen LogP contribution < -0.4 is 0 Å². The summed E-state index contributed by atoms with van der Waals surface area (Å²) in [6.07, 6.45) is 3.18. The van der Waals surface area contributed by atoms with Crippen LogP contribution in [0.25, 0.3) is 0 Å². The lowest BCUT2D eigenvalue weighted by molar-refractivity contribution is 0.108. The molecule has 3 aliphatic heterocycles. The van der Waals surface area contributed by atoms with Crippen LogP contribution in [0.3, 0.4) is 0 Å². The number of nitrogens with zero attached hydrogens (tertiary/aromatic N) is 1. The molecular formula is C8H11N. The largest absolute Gasteiger partial charge is 0.296 e. The first-order valence-electron chi connectivity index (χ1n) is 4.21. The Hall–Kier alpha value is -0.0400. The molecule has 5 aliphatic rings. The summed E-state index contributed by atoms with van der Waals surface area (Å²) in [7, 11) is 0. The fraction of sp³-hybridized carbons (Fsp3) is 1.00. The zero-order valence-electron chi connectivity index (χ0n) is 5.46. The average molecular weight is 121 g/mol. The predicted octanol–water partition coefficient (Wildman–Crippen LogP) is 0.709. The van der Waals surface area contributed by atoms with E-state index in [0.717, 1.165) is 12.1 Å². The van der Waals surface area contributed by atoms with Crippen LogP contribution in [0.4, 0.5) is 0 Å². The van der Waals surface area contributed by atoms with E-state index in [-0.39, 0.29) is 0 Å². The molecule has 9 heavy (non-hydrogen) atoms. The SMILES string of the molecule is C1[C@H]2C[C@@H]3[C@@H]1[C@H]1CN3[C@H]21. The van der Waals surface area contributed by atoms with Crippen molar-refractivity contribution in [2.75, 3.05) is 6.54 Å². The molecule has 0 aromatic carbocycles. The van der Waals surface area contributed by atoms with Gasteiger partial charge in [-0.15, -0.1) is 0 Å². The van der Waals surface area contributed by atoms with Crippen molar-refractivity contribution in [3.8, 4) is 0 Å². The van der Waals surface area contributed by atoms with E-state index in [0.29, 0.717) is 0 Å². The van der Waals surface area contributed by atoms with Gasteiger partial charge in [-0.2, -0.15) is 0 Å². The molecule has 48 valence electrons. The maximum Gasteiger partial charge on any atom is 0.0171 e. The van der Waals surface area contributed by atoms with Crippen molar-refractivity contribution in [1.29, 1.82) is 0 Å². The lowest BCUT2D eigenvalue weighted by atomic mass is 9.87. The molecule has 2 aliphatic carbocycles. The molecule has 3 heterocycles. The first-order chi connectivity index (χ1) is 4.45. The summed E-state index contributed by atoms with van der Waals surface area (Å²) in [4.78, 5) is 2.77. The zero-order chi connectivity index (χ0) is 5.59. The van der Waals surface area contributed by atoms with E-state index in [9.17, 15) is 0 Å². The van der Waals surface area contributed by atoms with Crippen LogP contribution in [0.5, 0.6) is 0 Å². The molecular weight excluding hydrogens is 110 g/mol. The van der Waals surface area contributed by atoms with Crippen LogP contribution in [0.2, 0.25) is 0 Å². The van der Waals surface area contributed by atoms with Gasteiger partial charge in [0.25, 0.3) is 0 Å². The Morgan fingerprint density at radius 3 is 2.56 bits per heavy atom. The molecule has 6 atom stereocenters. The van der Waals surface area contributed by atoms with Crippen molar-refractivity contribution in [2.45, 2.75) is 24.9 Å². The van der Waals surface area contributed by atoms with E-state index in [1.54, 1.807) is 12.8 Å². The molecule has 0 radical (unpaired) electrons. The van der Waals surface area contributed by atoms with E-state index >= 15 is 0 Å².